The SMILES string of the molecule is CCCNC(c1ccc(OC)cc1)C1CCCCC1. The van der Waals surface area contributed by atoms with Crippen LogP contribution in [-0.4, -0.2) is 13.7 Å². The number of benzene rings is 1. The number of hydrogen-bond donors (Lipinski definition) is 1. The molecule has 1 aromatic carbocycles. The van der Waals surface area contributed by atoms with Crippen LogP contribution in [0.2, 0.25) is 0 Å². The van der Waals surface area contributed by atoms with Crippen molar-refractivity contribution >= 4 is 0 Å². The molecule has 0 aliphatic heterocycles. The van der Waals surface area contributed by atoms with E-state index in [-0.39, 0.29) is 0 Å². The minimum absolute atomic E-state index is 0.520. The van der Waals surface area contributed by atoms with Crippen molar-refractivity contribution in [3.63, 3.8) is 0 Å². The van der Waals surface area contributed by atoms with Crippen molar-refractivity contribution < 1.29 is 4.74 Å². The fourth-order valence-electron chi connectivity index (χ4n) is 3.14. The molecule has 0 amide bonds. The Morgan fingerprint density at radius 2 is 1.84 bits per heavy atom. The van der Waals surface area contributed by atoms with Crippen LogP contribution in [-0.2, 0) is 0 Å². The number of rotatable bonds is 6. The third kappa shape index (κ3) is 3.97. The lowest BCUT2D eigenvalue weighted by atomic mass is 9.81. The highest BCUT2D eigenvalue weighted by Gasteiger charge is 2.24. The van der Waals surface area contributed by atoms with Crippen molar-refractivity contribution in [1.82, 2.24) is 5.32 Å². The van der Waals surface area contributed by atoms with E-state index >= 15 is 0 Å². The van der Waals surface area contributed by atoms with Gasteiger partial charge in [-0.05, 0) is 49.4 Å². The first-order valence-corrected chi connectivity index (χ1v) is 7.72. The van der Waals surface area contributed by atoms with E-state index in [0.717, 1.165) is 18.2 Å². The van der Waals surface area contributed by atoms with E-state index in [9.17, 15) is 0 Å². The van der Waals surface area contributed by atoms with Gasteiger partial charge in [-0.25, -0.2) is 0 Å². The molecule has 19 heavy (non-hydrogen) atoms. The summed E-state index contributed by atoms with van der Waals surface area (Å²) >= 11 is 0. The van der Waals surface area contributed by atoms with Gasteiger partial charge in [0.15, 0.2) is 0 Å². The average molecular weight is 261 g/mol. The maximum absolute atomic E-state index is 5.26. The zero-order valence-corrected chi connectivity index (χ0v) is 12.3. The minimum atomic E-state index is 0.520. The van der Waals surface area contributed by atoms with Gasteiger partial charge in [-0.3, -0.25) is 0 Å². The lowest BCUT2D eigenvalue weighted by Crippen LogP contribution is -2.30. The second kappa shape index (κ2) is 7.54. The van der Waals surface area contributed by atoms with Gasteiger partial charge in [-0.15, -0.1) is 0 Å². The molecule has 0 heterocycles. The van der Waals surface area contributed by atoms with Crippen molar-refractivity contribution in [2.45, 2.75) is 51.5 Å². The molecule has 1 atom stereocenters. The summed E-state index contributed by atoms with van der Waals surface area (Å²) in [5.74, 6) is 1.75. The number of hydrogen-bond acceptors (Lipinski definition) is 2. The maximum atomic E-state index is 5.26. The number of methoxy groups -OCH3 is 1. The number of nitrogens with one attached hydrogen (secondary N) is 1. The highest BCUT2D eigenvalue weighted by molar-refractivity contribution is 5.29. The smallest absolute Gasteiger partial charge is 0.118 e. The Bertz CT molecular complexity index is 354. The lowest BCUT2D eigenvalue weighted by Gasteiger charge is -2.31. The van der Waals surface area contributed by atoms with Crippen molar-refractivity contribution in [1.29, 1.82) is 0 Å². The van der Waals surface area contributed by atoms with E-state index in [4.69, 9.17) is 4.74 Å². The lowest BCUT2D eigenvalue weighted by molar-refractivity contribution is 0.272. The first kappa shape index (κ1) is 14.4. The van der Waals surface area contributed by atoms with Gasteiger partial charge in [0.25, 0.3) is 0 Å². The van der Waals surface area contributed by atoms with Gasteiger partial charge in [-0.1, -0.05) is 38.3 Å². The summed E-state index contributed by atoms with van der Waals surface area (Å²) in [6, 6.07) is 9.13. The van der Waals surface area contributed by atoms with Gasteiger partial charge in [-0.2, -0.15) is 0 Å². The van der Waals surface area contributed by atoms with E-state index in [1.54, 1.807) is 7.11 Å². The third-order valence-corrected chi connectivity index (χ3v) is 4.21. The topological polar surface area (TPSA) is 21.3 Å². The highest BCUT2D eigenvalue weighted by Crippen LogP contribution is 2.34. The minimum Gasteiger partial charge on any atom is -0.497 e. The summed E-state index contributed by atoms with van der Waals surface area (Å²) in [5, 5.41) is 3.75. The van der Waals surface area contributed by atoms with Crippen molar-refractivity contribution in [3.05, 3.63) is 29.8 Å². The van der Waals surface area contributed by atoms with Crippen LogP contribution in [0.1, 0.15) is 57.1 Å². The van der Waals surface area contributed by atoms with Gasteiger partial charge in [0.1, 0.15) is 5.75 Å². The van der Waals surface area contributed by atoms with E-state index in [0.29, 0.717) is 6.04 Å². The molecule has 0 radical (unpaired) electrons. The molecule has 2 heteroatoms. The quantitative estimate of drug-likeness (QED) is 0.823. The van der Waals surface area contributed by atoms with Crippen LogP contribution >= 0.6 is 0 Å². The fraction of sp³-hybridized carbons (Fsp3) is 0.647. The highest BCUT2D eigenvalue weighted by atomic mass is 16.5. The van der Waals surface area contributed by atoms with Gasteiger partial charge in [0, 0.05) is 6.04 Å². The van der Waals surface area contributed by atoms with Crippen molar-refractivity contribution in [2.24, 2.45) is 5.92 Å². The molecule has 1 saturated carbocycles. The Morgan fingerprint density at radius 1 is 1.16 bits per heavy atom. The second-order valence-electron chi connectivity index (χ2n) is 5.60. The third-order valence-electron chi connectivity index (χ3n) is 4.21. The second-order valence-corrected chi connectivity index (χ2v) is 5.60. The van der Waals surface area contributed by atoms with Gasteiger partial charge < -0.3 is 10.1 Å². The summed E-state index contributed by atoms with van der Waals surface area (Å²) in [5.41, 5.74) is 1.42. The van der Waals surface area contributed by atoms with E-state index in [1.807, 2.05) is 0 Å². The molecule has 1 aromatic rings. The molecule has 106 valence electrons. The number of ether oxygens (including phenoxy) is 1. The Hall–Kier alpha value is -1.02. The molecule has 1 aliphatic carbocycles. The van der Waals surface area contributed by atoms with Gasteiger partial charge in [0.05, 0.1) is 7.11 Å². The molecule has 2 rings (SSSR count). The Morgan fingerprint density at radius 3 is 2.42 bits per heavy atom. The van der Waals surface area contributed by atoms with Crippen LogP contribution < -0.4 is 10.1 Å². The van der Waals surface area contributed by atoms with E-state index in [1.165, 1.54) is 44.1 Å². The average Bonchev–Trinajstić information content (AvgIpc) is 2.49. The molecule has 1 aliphatic rings. The van der Waals surface area contributed by atoms with Gasteiger partial charge >= 0.3 is 0 Å². The summed E-state index contributed by atoms with van der Waals surface area (Å²) < 4.78 is 5.26. The van der Waals surface area contributed by atoms with E-state index < -0.39 is 0 Å². The fourth-order valence-corrected chi connectivity index (χ4v) is 3.14. The predicted molar refractivity (Wildman–Crippen MR) is 80.6 cm³/mol. The van der Waals surface area contributed by atoms with Crippen LogP contribution in [0, 0.1) is 5.92 Å². The van der Waals surface area contributed by atoms with Crippen molar-refractivity contribution in [2.75, 3.05) is 13.7 Å². The Kier molecular flexibility index (Phi) is 5.71. The largest absolute Gasteiger partial charge is 0.497 e. The zero-order valence-electron chi connectivity index (χ0n) is 12.3. The van der Waals surface area contributed by atoms with Crippen LogP contribution in [0.4, 0.5) is 0 Å². The van der Waals surface area contributed by atoms with Crippen LogP contribution in [0.5, 0.6) is 5.75 Å². The first-order chi connectivity index (χ1) is 9.35. The maximum Gasteiger partial charge on any atom is 0.118 e. The van der Waals surface area contributed by atoms with Crippen molar-refractivity contribution in [3.8, 4) is 5.75 Å². The van der Waals surface area contributed by atoms with Crippen LogP contribution in [0.15, 0.2) is 24.3 Å². The molecule has 0 saturated heterocycles. The summed E-state index contributed by atoms with van der Waals surface area (Å²) in [6.45, 7) is 3.34. The molecule has 0 aromatic heterocycles. The molecule has 0 bridgehead atoms. The van der Waals surface area contributed by atoms with Gasteiger partial charge in [0.2, 0.25) is 0 Å². The molecular formula is C17H27NO. The predicted octanol–water partition coefficient (Wildman–Crippen LogP) is 4.32. The standard InChI is InChI=1S/C17H27NO/c1-3-13-18-17(14-7-5-4-6-8-14)15-9-11-16(19-2)12-10-15/h9-12,14,17-18H,3-8,13H2,1-2H3. The Labute approximate surface area is 117 Å². The zero-order chi connectivity index (χ0) is 13.5. The van der Waals surface area contributed by atoms with Crippen LogP contribution in [0.3, 0.4) is 0 Å². The molecule has 1 fully saturated rings. The first-order valence-electron chi connectivity index (χ1n) is 7.72. The summed E-state index contributed by atoms with van der Waals surface area (Å²) in [7, 11) is 1.73. The molecule has 0 spiro atoms. The normalized spacial score (nSPS) is 18.2. The Balaban J connectivity index is 2.10. The summed E-state index contributed by atoms with van der Waals surface area (Å²) in [6.07, 6.45) is 8.13. The van der Waals surface area contributed by atoms with E-state index in [2.05, 4.69) is 36.5 Å². The molecule has 1 N–H and O–H groups in total. The molecule has 1 unspecified atom stereocenters. The summed E-state index contributed by atoms with van der Waals surface area (Å²) in [4.78, 5) is 0. The molecule has 2 nitrogen and oxygen atoms in total. The van der Waals surface area contributed by atoms with Crippen LogP contribution in [0.25, 0.3) is 0 Å². The monoisotopic (exact) mass is 261 g/mol. The molecular weight excluding hydrogens is 234 g/mol.